The largest absolute Gasteiger partial charge is 0.381 e. The van der Waals surface area contributed by atoms with Crippen LogP contribution in [0, 0.1) is 5.92 Å². The summed E-state index contributed by atoms with van der Waals surface area (Å²) in [5.74, 6) is 0.225. The average molecular weight is 129 g/mol. The quantitative estimate of drug-likeness (QED) is 0.549. The predicted molar refractivity (Wildman–Crippen MR) is 33.0 cm³/mol. The van der Waals surface area contributed by atoms with E-state index in [0.29, 0.717) is 6.61 Å². The fourth-order valence-electron chi connectivity index (χ4n) is 0.955. The van der Waals surface area contributed by atoms with Gasteiger partial charge in [0.05, 0.1) is 13.2 Å². The monoisotopic (exact) mass is 129 g/mol. The lowest BCUT2D eigenvalue weighted by Crippen LogP contribution is -2.23. The molecule has 0 aromatic rings. The van der Waals surface area contributed by atoms with E-state index in [0.717, 1.165) is 13.0 Å². The highest BCUT2D eigenvalue weighted by molar-refractivity contribution is 5.83. The fraction of sp³-hybridized carbons (Fsp3) is 0.833. The van der Waals surface area contributed by atoms with Crippen LogP contribution in [0.3, 0.4) is 0 Å². The molecule has 1 aliphatic heterocycles. The molecule has 1 rings (SSSR count). The Morgan fingerprint density at radius 2 is 2.56 bits per heavy atom. The van der Waals surface area contributed by atoms with Crippen LogP contribution in [0.2, 0.25) is 0 Å². The number of carbonyl (C=O) groups is 1. The summed E-state index contributed by atoms with van der Waals surface area (Å²) >= 11 is 0. The number of nitrogens with two attached hydrogens (primary N) is 1. The topological polar surface area (TPSA) is 52.3 Å². The minimum absolute atomic E-state index is 0.0926. The van der Waals surface area contributed by atoms with Gasteiger partial charge in [-0.2, -0.15) is 0 Å². The van der Waals surface area contributed by atoms with Gasteiger partial charge in [0.15, 0.2) is 5.78 Å². The third kappa shape index (κ3) is 1.50. The highest BCUT2D eigenvalue weighted by Crippen LogP contribution is 2.11. The van der Waals surface area contributed by atoms with Gasteiger partial charge in [-0.3, -0.25) is 4.79 Å². The Labute approximate surface area is 54.2 Å². The Morgan fingerprint density at radius 1 is 1.78 bits per heavy atom. The zero-order chi connectivity index (χ0) is 6.69. The molecule has 0 aromatic heterocycles. The zero-order valence-electron chi connectivity index (χ0n) is 5.30. The standard InChI is InChI=1S/C6H11NO2/c7-3-6(8)5-1-2-9-4-5/h5H,1-4,7H2. The van der Waals surface area contributed by atoms with Crippen molar-refractivity contribution in [2.45, 2.75) is 6.42 Å². The molecule has 1 atom stereocenters. The number of ether oxygens (including phenoxy) is 1. The maximum atomic E-state index is 10.8. The first-order valence-corrected chi connectivity index (χ1v) is 3.15. The summed E-state index contributed by atoms with van der Waals surface area (Å²) in [7, 11) is 0. The molecule has 0 saturated carbocycles. The second-order valence-electron chi connectivity index (χ2n) is 2.23. The van der Waals surface area contributed by atoms with E-state index in [4.69, 9.17) is 10.5 Å². The second-order valence-corrected chi connectivity index (χ2v) is 2.23. The number of carbonyl (C=O) groups excluding carboxylic acids is 1. The SMILES string of the molecule is NCC(=O)C1CCOC1. The van der Waals surface area contributed by atoms with Crippen molar-refractivity contribution in [3.63, 3.8) is 0 Å². The van der Waals surface area contributed by atoms with Crippen LogP contribution in [0.25, 0.3) is 0 Å². The summed E-state index contributed by atoms with van der Waals surface area (Å²) < 4.78 is 5.00. The van der Waals surface area contributed by atoms with Crippen molar-refractivity contribution in [2.75, 3.05) is 19.8 Å². The van der Waals surface area contributed by atoms with E-state index in [9.17, 15) is 4.79 Å². The smallest absolute Gasteiger partial charge is 0.151 e. The number of hydrogen-bond acceptors (Lipinski definition) is 3. The van der Waals surface area contributed by atoms with Crippen LogP contribution in [0.1, 0.15) is 6.42 Å². The number of ketones is 1. The fourth-order valence-corrected chi connectivity index (χ4v) is 0.955. The summed E-state index contributed by atoms with van der Waals surface area (Å²) in [4.78, 5) is 10.8. The van der Waals surface area contributed by atoms with Gasteiger partial charge in [0.1, 0.15) is 0 Å². The van der Waals surface area contributed by atoms with Crippen molar-refractivity contribution >= 4 is 5.78 Å². The Bertz CT molecular complexity index is 108. The van der Waals surface area contributed by atoms with E-state index in [2.05, 4.69) is 0 Å². The lowest BCUT2D eigenvalue weighted by Gasteiger charge is -2.00. The summed E-state index contributed by atoms with van der Waals surface area (Å²) in [5.41, 5.74) is 5.15. The van der Waals surface area contributed by atoms with Gasteiger partial charge in [0, 0.05) is 12.5 Å². The molecule has 0 aromatic carbocycles. The van der Waals surface area contributed by atoms with Crippen LogP contribution in [-0.2, 0) is 9.53 Å². The van der Waals surface area contributed by atoms with E-state index in [1.807, 2.05) is 0 Å². The van der Waals surface area contributed by atoms with Gasteiger partial charge in [0.2, 0.25) is 0 Å². The van der Waals surface area contributed by atoms with E-state index in [1.165, 1.54) is 0 Å². The van der Waals surface area contributed by atoms with Gasteiger partial charge in [-0.05, 0) is 6.42 Å². The molecule has 0 amide bonds. The third-order valence-corrected chi connectivity index (χ3v) is 1.59. The van der Waals surface area contributed by atoms with E-state index in [1.54, 1.807) is 0 Å². The van der Waals surface area contributed by atoms with Gasteiger partial charge in [0.25, 0.3) is 0 Å². The summed E-state index contributed by atoms with van der Waals surface area (Å²) in [5, 5.41) is 0. The van der Waals surface area contributed by atoms with E-state index < -0.39 is 0 Å². The Kier molecular flexibility index (Phi) is 2.19. The summed E-state index contributed by atoms with van der Waals surface area (Å²) in [6.07, 6.45) is 0.857. The van der Waals surface area contributed by atoms with Crippen LogP contribution in [-0.4, -0.2) is 25.5 Å². The highest BCUT2D eigenvalue weighted by atomic mass is 16.5. The van der Waals surface area contributed by atoms with Gasteiger partial charge in [-0.1, -0.05) is 0 Å². The molecule has 0 bridgehead atoms. The third-order valence-electron chi connectivity index (χ3n) is 1.59. The lowest BCUT2D eigenvalue weighted by molar-refractivity contribution is -0.121. The van der Waals surface area contributed by atoms with Crippen molar-refractivity contribution < 1.29 is 9.53 Å². The summed E-state index contributed by atoms with van der Waals surface area (Å²) in [6, 6.07) is 0. The van der Waals surface area contributed by atoms with Crippen molar-refractivity contribution in [1.29, 1.82) is 0 Å². The number of Topliss-reactive ketones (excluding diaryl/α,β-unsaturated/α-hetero) is 1. The molecule has 52 valence electrons. The maximum Gasteiger partial charge on any atom is 0.151 e. The lowest BCUT2D eigenvalue weighted by atomic mass is 10.0. The Hall–Kier alpha value is -0.410. The number of rotatable bonds is 2. The molecular formula is C6H11NO2. The van der Waals surface area contributed by atoms with Crippen molar-refractivity contribution in [1.82, 2.24) is 0 Å². The Morgan fingerprint density at radius 3 is 3.00 bits per heavy atom. The molecule has 1 heterocycles. The van der Waals surface area contributed by atoms with Crippen LogP contribution in [0.4, 0.5) is 0 Å². The molecule has 1 saturated heterocycles. The van der Waals surface area contributed by atoms with Gasteiger partial charge < -0.3 is 10.5 Å². The molecule has 9 heavy (non-hydrogen) atoms. The first-order valence-electron chi connectivity index (χ1n) is 3.15. The zero-order valence-corrected chi connectivity index (χ0v) is 5.30. The molecule has 0 spiro atoms. The Balaban J connectivity index is 2.32. The first kappa shape index (κ1) is 6.71. The second kappa shape index (κ2) is 2.94. The van der Waals surface area contributed by atoms with Crippen LogP contribution >= 0.6 is 0 Å². The van der Waals surface area contributed by atoms with Crippen LogP contribution < -0.4 is 5.73 Å². The van der Waals surface area contributed by atoms with Crippen molar-refractivity contribution in [3.05, 3.63) is 0 Å². The van der Waals surface area contributed by atoms with Crippen LogP contribution in [0.15, 0.2) is 0 Å². The molecule has 3 heteroatoms. The maximum absolute atomic E-state index is 10.8. The normalized spacial score (nSPS) is 26.6. The molecule has 3 nitrogen and oxygen atoms in total. The van der Waals surface area contributed by atoms with Crippen LogP contribution in [0.5, 0.6) is 0 Å². The van der Waals surface area contributed by atoms with Crippen molar-refractivity contribution in [2.24, 2.45) is 11.7 Å². The van der Waals surface area contributed by atoms with Gasteiger partial charge >= 0.3 is 0 Å². The molecule has 0 radical (unpaired) electrons. The predicted octanol–water partition coefficient (Wildman–Crippen LogP) is -0.449. The molecule has 0 aliphatic carbocycles. The average Bonchev–Trinajstić information content (AvgIpc) is 2.37. The molecule has 1 unspecified atom stereocenters. The molecular weight excluding hydrogens is 118 g/mol. The molecule has 1 fully saturated rings. The molecule has 1 aliphatic rings. The first-order chi connectivity index (χ1) is 4.34. The van der Waals surface area contributed by atoms with E-state index in [-0.39, 0.29) is 18.2 Å². The highest BCUT2D eigenvalue weighted by Gasteiger charge is 2.21. The van der Waals surface area contributed by atoms with Crippen molar-refractivity contribution in [3.8, 4) is 0 Å². The van der Waals surface area contributed by atoms with E-state index >= 15 is 0 Å². The van der Waals surface area contributed by atoms with Gasteiger partial charge in [-0.15, -0.1) is 0 Å². The molecule has 2 N–H and O–H groups in total. The summed E-state index contributed by atoms with van der Waals surface area (Å²) in [6.45, 7) is 1.46. The minimum atomic E-state index is 0.0926. The minimum Gasteiger partial charge on any atom is -0.381 e. The van der Waals surface area contributed by atoms with Gasteiger partial charge in [-0.25, -0.2) is 0 Å². The number of hydrogen-bond donors (Lipinski definition) is 1.